The van der Waals surface area contributed by atoms with Gasteiger partial charge >= 0.3 is 0 Å². The second-order valence-electron chi connectivity index (χ2n) is 2.00. The van der Waals surface area contributed by atoms with Crippen molar-refractivity contribution >= 4 is 12.2 Å². The molecule has 0 saturated carbocycles. The van der Waals surface area contributed by atoms with Crippen molar-refractivity contribution in [2.24, 2.45) is 0 Å². The summed E-state index contributed by atoms with van der Waals surface area (Å²) in [5.41, 5.74) is 0.770. The Hall–Kier alpha value is -1.42. The van der Waals surface area contributed by atoms with Crippen LogP contribution in [0.5, 0.6) is 0 Å². The van der Waals surface area contributed by atoms with Crippen molar-refractivity contribution in [2.75, 3.05) is 5.06 Å². The average Bonchev–Trinajstić information content (AvgIpc) is 2.05. The van der Waals surface area contributed by atoms with Crippen molar-refractivity contribution in [3.8, 4) is 0 Å². The van der Waals surface area contributed by atoms with Crippen LogP contribution >= 0.6 is 0 Å². The maximum Gasteiger partial charge on any atom is 0.158 e. The number of nitrogens with one attached hydrogen (secondary N) is 1. The van der Waals surface area contributed by atoms with Crippen molar-refractivity contribution in [2.45, 2.75) is 0 Å². The molecule has 0 aliphatic rings. The van der Waals surface area contributed by atoms with Gasteiger partial charge < -0.3 is 0 Å². The van der Waals surface area contributed by atoms with E-state index in [4.69, 9.17) is 10.6 Å². The van der Waals surface area contributed by atoms with Gasteiger partial charge in [0.2, 0.25) is 0 Å². The van der Waals surface area contributed by atoms with Crippen LogP contribution in [-0.2, 0) is 0 Å². The van der Waals surface area contributed by atoms with Crippen molar-refractivity contribution in [3.05, 3.63) is 30.8 Å². The Labute approximate surface area is 64.6 Å². The molecule has 1 aromatic heterocycles. The van der Waals surface area contributed by atoms with E-state index in [0.717, 1.165) is 11.9 Å². The SMILES string of the molecule is [CH2]c1ccc(N(O)C=N)nc1. The number of pyridine rings is 1. The summed E-state index contributed by atoms with van der Waals surface area (Å²) in [5.74, 6) is 0.312. The minimum atomic E-state index is 0.312. The number of nitrogens with zero attached hydrogens (tertiary/aromatic N) is 2. The number of anilines is 1. The van der Waals surface area contributed by atoms with E-state index in [2.05, 4.69) is 11.9 Å². The Balaban J connectivity index is 2.89. The third-order valence-corrected chi connectivity index (χ3v) is 1.17. The van der Waals surface area contributed by atoms with Gasteiger partial charge in [-0.05, 0) is 18.6 Å². The maximum absolute atomic E-state index is 8.93. The summed E-state index contributed by atoms with van der Waals surface area (Å²) in [6.45, 7) is 3.63. The first-order valence-corrected chi connectivity index (χ1v) is 3.01. The van der Waals surface area contributed by atoms with Crippen LogP contribution < -0.4 is 5.06 Å². The van der Waals surface area contributed by atoms with Crippen LogP contribution in [0.15, 0.2) is 18.3 Å². The van der Waals surface area contributed by atoms with E-state index >= 15 is 0 Å². The van der Waals surface area contributed by atoms with Crippen LogP contribution in [0.3, 0.4) is 0 Å². The van der Waals surface area contributed by atoms with Gasteiger partial charge in [0, 0.05) is 6.20 Å². The summed E-state index contributed by atoms with van der Waals surface area (Å²) in [7, 11) is 0. The minimum absolute atomic E-state index is 0.312. The Morgan fingerprint density at radius 3 is 2.82 bits per heavy atom. The van der Waals surface area contributed by atoms with Gasteiger partial charge in [0.15, 0.2) is 5.82 Å². The first kappa shape index (κ1) is 7.68. The smallest absolute Gasteiger partial charge is 0.158 e. The summed E-state index contributed by atoms with van der Waals surface area (Å²) in [6, 6.07) is 3.28. The van der Waals surface area contributed by atoms with E-state index in [1.165, 1.54) is 6.20 Å². The topological polar surface area (TPSA) is 60.2 Å². The number of aromatic nitrogens is 1. The molecule has 0 saturated heterocycles. The van der Waals surface area contributed by atoms with E-state index in [1.807, 2.05) is 0 Å². The molecule has 4 nitrogen and oxygen atoms in total. The minimum Gasteiger partial charge on any atom is -0.289 e. The van der Waals surface area contributed by atoms with Crippen LogP contribution in [0.2, 0.25) is 0 Å². The van der Waals surface area contributed by atoms with Gasteiger partial charge in [-0.25, -0.2) is 4.98 Å². The summed E-state index contributed by atoms with van der Waals surface area (Å²) in [4.78, 5) is 3.81. The fourth-order valence-electron chi connectivity index (χ4n) is 0.618. The van der Waals surface area contributed by atoms with Gasteiger partial charge in [-0.2, -0.15) is 5.06 Å². The highest BCUT2D eigenvalue weighted by Crippen LogP contribution is 2.06. The average molecular weight is 150 g/mol. The molecular formula is C7H8N3O. The molecule has 1 aromatic rings. The van der Waals surface area contributed by atoms with Crippen molar-refractivity contribution < 1.29 is 5.21 Å². The molecule has 0 aliphatic heterocycles. The lowest BCUT2D eigenvalue weighted by atomic mass is 10.3. The van der Waals surface area contributed by atoms with Gasteiger partial charge in [0.05, 0.1) is 0 Å². The summed E-state index contributed by atoms with van der Waals surface area (Å²) in [5, 5.41) is 16.2. The molecule has 0 atom stereocenters. The van der Waals surface area contributed by atoms with Crippen molar-refractivity contribution in [1.29, 1.82) is 5.41 Å². The zero-order chi connectivity index (χ0) is 8.27. The summed E-state index contributed by atoms with van der Waals surface area (Å²) in [6.07, 6.45) is 2.28. The molecule has 1 radical (unpaired) electrons. The molecule has 57 valence electrons. The van der Waals surface area contributed by atoms with E-state index in [-0.39, 0.29) is 0 Å². The molecule has 0 aliphatic carbocycles. The van der Waals surface area contributed by atoms with Crippen molar-refractivity contribution in [1.82, 2.24) is 4.98 Å². The Morgan fingerprint density at radius 1 is 1.64 bits per heavy atom. The van der Waals surface area contributed by atoms with Gasteiger partial charge in [0.1, 0.15) is 6.34 Å². The first-order chi connectivity index (χ1) is 5.24. The quantitative estimate of drug-likeness (QED) is 0.376. The fourth-order valence-corrected chi connectivity index (χ4v) is 0.618. The predicted octanol–water partition coefficient (Wildman–Crippen LogP) is 1.07. The van der Waals surface area contributed by atoms with Gasteiger partial charge in [-0.15, -0.1) is 0 Å². The second kappa shape index (κ2) is 3.12. The highest BCUT2D eigenvalue weighted by Gasteiger charge is 1.97. The second-order valence-corrected chi connectivity index (χ2v) is 2.00. The van der Waals surface area contributed by atoms with E-state index < -0.39 is 0 Å². The standard InChI is InChI=1S/C7H8N3O/c1-6-2-3-7(9-4-6)10(11)5-8/h2-5,8,11H,1H2. The molecule has 11 heavy (non-hydrogen) atoms. The molecule has 4 heteroatoms. The Kier molecular flexibility index (Phi) is 2.18. The summed E-state index contributed by atoms with van der Waals surface area (Å²) < 4.78 is 0. The number of rotatable bonds is 2. The van der Waals surface area contributed by atoms with E-state index in [0.29, 0.717) is 10.9 Å². The zero-order valence-electron chi connectivity index (χ0n) is 5.86. The third kappa shape index (κ3) is 1.75. The van der Waals surface area contributed by atoms with Gasteiger partial charge in [-0.1, -0.05) is 6.07 Å². The molecule has 1 rings (SSSR count). The predicted molar refractivity (Wildman–Crippen MR) is 41.7 cm³/mol. The lowest BCUT2D eigenvalue weighted by molar-refractivity contribution is 0.313. The Bertz CT molecular complexity index is 244. The van der Waals surface area contributed by atoms with Crippen LogP contribution in [-0.4, -0.2) is 16.5 Å². The number of hydrogen-bond acceptors (Lipinski definition) is 3. The number of hydrogen-bond donors (Lipinski definition) is 2. The molecule has 0 spiro atoms. The lowest BCUT2D eigenvalue weighted by Gasteiger charge is -2.07. The van der Waals surface area contributed by atoms with Gasteiger partial charge in [-0.3, -0.25) is 10.6 Å². The molecule has 0 aromatic carbocycles. The molecule has 2 N–H and O–H groups in total. The van der Waals surface area contributed by atoms with Crippen LogP contribution in [0.4, 0.5) is 5.82 Å². The fraction of sp³-hybridized carbons (Fsp3) is 0. The molecule has 0 fully saturated rings. The highest BCUT2D eigenvalue weighted by atomic mass is 16.5. The van der Waals surface area contributed by atoms with Crippen LogP contribution in [0.1, 0.15) is 5.56 Å². The normalized spacial score (nSPS) is 9.27. The molecule has 1 heterocycles. The third-order valence-electron chi connectivity index (χ3n) is 1.17. The lowest BCUT2D eigenvalue weighted by Crippen LogP contribution is -2.15. The number of hydroxylamine groups is 1. The molecule has 0 amide bonds. The van der Waals surface area contributed by atoms with E-state index in [9.17, 15) is 0 Å². The first-order valence-electron chi connectivity index (χ1n) is 3.01. The Morgan fingerprint density at radius 2 is 2.36 bits per heavy atom. The monoisotopic (exact) mass is 150 g/mol. The van der Waals surface area contributed by atoms with Crippen molar-refractivity contribution in [3.63, 3.8) is 0 Å². The largest absolute Gasteiger partial charge is 0.289 e. The highest BCUT2D eigenvalue weighted by molar-refractivity contribution is 5.71. The molecule has 0 unspecified atom stereocenters. The molecular weight excluding hydrogens is 142 g/mol. The molecule has 0 bridgehead atoms. The van der Waals surface area contributed by atoms with Crippen LogP contribution in [0, 0.1) is 12.3 Å². The zero-order valence-corrected chi connectivity index (χ0v) is 5.86. The van der Waals surface area contributed by atoms with Gasteiger partial charge in [0.25, 0.3) is 0 Å². The van der Waals surface area contributed by atoms with E-state index in [1.54, 1.807) is 12.1 Å². The summed E-state index contributed by atoms with van der Waals surface area (Å²) >= 11 is 0. The van der Waals surface area contributed by atoms with Crippen LogP contribution in [0.25, 0.3) is 0 Å². The maximum atomic E-state index is 8.93.